The van der Waals surface area contributed by atoms with Gasteiger partial charge in [-0.1, -0.05) is 53.9 Å². The number of rotatable bonds is 2. The Hall–Kier alpha value is -3.22. The van der Waals surface area contributed by atoms with Crippen LogP contribution in [0.25, 0.3) is 10.5 Å². The lowest BCUT2D eigenvalue weighted by Crippen LogP contribution is -1.99. The SMILES string of the molecule is C#Cc1ccccc1.COc1ccc(S(=O)(=O)Cl)cc1.[C-]#[N+]C1=C(Cl)CCc2ccccc21. The largest absolute Gasteiger partial charge is 0.497 e. The number of benzene rings is 3. The van der Waals surface area contributed by atoms with Crippen LogP contribution < -0.4 is 4.74 Å². The van der Waals surface area contributed by atoms with Crippen molar-refractivity contribution in [2.45, 2.75) is 17.7 Å². The minimum atomic E-state index is -3.61. The molecule has 0 aliphatic heterocycles. The van der Waals surface area contributed by atoms with Crippen molar-refractivity contribution in [1.82, 2.24) is 0 Å². The zero-order valence-electron chi connectivity index (χ0n) is 17.8. The molecule has 0 heterocycles. The van der Waals surface area contributed by atoms with Gasteiger partial charge in [0.05, 0.1) is 18.6 Å². The maximum Gasteiger partial charge on any atom is 0.261 e. The standard InChI is InChI=1S/C11H8ClN.C8H6.C7H7ClO3S/c1-13-11-9-5-3-2-4-8(9)6-7-10(11)12;1-2-8-6-4-3-5-7-8;1-11-6-2-4-7(5-3-6)12(8,9)10/h2-5H,6-7H2;1,3-7H;2-5H,1H3. The fourth-order valence-corrected chi connectivity index (χ4v) is 3.88. The number of hydrogen-bond donors (Lipinski definition) is 0. The quantitative estimate of drug-likeness (QED) is 0.223. The molecular formula is C26H21Cl2NO3S. The molecule has 0 bridgehead atoms. The smallest absolute Gasteiger partial charge is 0.261 e. The monoisotopic (exact) mass is 497 g/mol. The minimum absolute atomic E-state index is 0.0740. The number of terminal acetylenes is 1. The third kappa shape index (κ3) is 8.00. The van der Waals surface area contributed by atoms with Gasteiger partial charge < -0.3 is 4.74 Å². The van der Waals surface area contributed by atoms with Crippen molar-refractivity contribution in [3.8, 4) is 18.1 Å². The summed E-state index contributed by atoms with van der Waals surface area (Å²) in [7, 11) is 2.98. The summed E-state index contributed by atoms with van der Waals surface area (Å²) < 4.78 is 26.4. The van der Waals surface area contributed by atoms with Crippen molar-refractivity contribution in [2.24, 2.45) is 0 Å². The Balaban J connectivity index is 0.000000180. The molecule has 1 aliphatic rings. The lowest BCUT2D eigenvalue weighted by molar-refractivity contribution is 0.414. The number of ether oxygens (including phenoxy) is 1. The molecule has 33 heavy (non-hydrogen) atoms. The zero-order chi connectivity index (χ0) is 24.3. The Morgan fingerprint density at radius 3 is 2.09 bits per heavy atom. The van der Waals surface area contributed by atoms with Gasteiger partial charge in [0.1, 0.15) is 5.75 Å². The Bertz CT molecular complexity index is 1290. The molecule has 0 saturated heterocycles. The van der Waals surface area contributed by atoms with E-state index in [0.717, 1.165) is 24.0 Å². The molecule has 7 heteroatoms. The van der Waals surface area contributed by atoms with Gasteiger partial charge in [-0.3, -0.25) is 0 Å². The van der Waals surface area contributed by atoms with Crippen LogP contribution in [0, 0.1) is 18.9 Å². The predicted octanol–water partition coefficient (Wildman–Crippen LogP) is 6.75. The Morgan fingerprint density at radius 1 is 0.970 bits per heavy atom. The van der Waals surface area contributed by atoms with Gasteiger partial charge in [-0.2, -0.15) is 0 Å². The summed E-state index contributed by atoms with van der Waals surface area (Å²) in [5.74, 6) is 3.12. The molecule has 0 fully saturated rings. The molecule has 0 radical (unpaired) electrons. The normalized spacial score (nSPS) is 11.9. The molecule has 0 saturated carbocycles. The second-order valence-electron chi connectivity index (χ2n) is 6.65. The number of nitrogens with zero attached hydrogens (tertiary/aromatic N) is 1. The summed E-state index contributed by atoms with van der Waals surface area (Å²) in [5.41, 5.74) is 3.81. The number of fused-ring (bicyclic) bond motifs is 1. The van der Waals surface area contributed by atoms with Crippen molar-refractivity contribution in [3.63, 3.8) is 0 Å². The molecular weight excluding hydrogens is 477 g/mol. The molecule has 0 aromatic heterocycles. The number of aryl methyl sites for hydroxylation is 1. The van der Waals surface area contributed by atoms with Crippen LogP contribution in [0.5, 0.6) is 5.75 Å². The predicted molar refractivity (Wildman–Crippen MR) is 135 cm³/mol. The highest BCUT2D eigenvalue weighted by Gasteiger charge is 2.16. The molecule has 4 rings (SSSR count). The summed E-state index contributed by atoms with van der Waals surface area (Å²) in [5, 5.41) is 0.703. The van der Waals surface area contributed by atoms with Crippen LogP contribution in [0.3, 0.4) is 0 Å². The molecule has 3 aromatic rings. The third-order valence-corrected chi connectivity index (χ3v) is 6.27. The summed E-state index contributed by atoms with van der Waals surface area (Å²) in [6.45, 7) is 7.04. The summed E-state index contributed by atoms with van der Waals surface area (Å²) >= 11 is 5.98. The van der Waals surface area contributed by atoms with E-state index in [0.29, 0.717) is 16.5 Å². The van der Waals surface area contributed by atoms with Crippen molar-refractivity contribution in [3.05, 3.63) is 112 Å². The second-order valence-corrected chi connectivity index (χ2v) is 9.67. The van der Waals surface area contributed by atoms with Crippen LogP contribution in [0.1, 0.15) is 23.1 Å². The van der Waals surface area contributed by atoms with Gasteiger partial charge in [-0.25, -0.2) is 13.3 Å². The van der Waals surface area contributed by atoms with Gasteiger partial charge in [0.2, 0.25) is 5.70 Å². The van der Waals surface area contributed by atoms with Crippen molar-refractivity contribution in [1.29, 1.82) is 0 Å². The minimum Gasteiger partial charge on any atom is -0.497 e. The third-order valence-electron chi connectivity index (χ3n) is 4.54. The lowest BCUT2D eigenvalue weighted by Gasteiger charge is -2.15. The van der Waals surface area contributed by atoms with E-state index in [2.05, 4.69) is 16.8 Å². The maximum absolute atomic E-state index is 10.8. The van der Waals surface area contributed by atoms with E-state index in [1.165, 1.54) is 36.9 Å². The fraction of sp³-hybridized carbons (Fsp3) is 0.115. The molecule has 0 atom stereocenters. The van der Waals surface area contributed by atoms with E-state index in [4.69, 9.17) is 40.0 Å². The van der Waals surface area contributed by atoms with Gasteiger partial charge in [0, 0.05) is 21.3 Å². The van der Waals surface area contributed by atoms with Crippen LogP contribution in [0.15, 0.2) is 88.8 Å². The topological polar surface area (TPSA) is 47.7 Å². The first-order valence-corrected chi connectivity index (χ1v) is 12.4. The van der Waals surface area contributed by atoms with Crippen molar-refractivity contribution in [2.75, 3.05) is 7.11 Å². The van der Waals surface area contributed by atoms with Crippen LogP contribution in [0.4, 0.5) is 0 Å². The summed E-state index contributed by atoms with van der Waals surface area (Å²) in [6.07, 6.45) is 6.85. The van der Waals surface area contributed by atoms with Crippen LogP contribution in [-0.4, -0.2) is 15.5 Å². The maximum atomic E-state index is 10.8. The number of hydrogen-bond acceptors (Lipinski definition) is 3. The average Bonchev–Trinajstić information content (AvgIpc) is 2.85. The van der Waals surface area contributed by atoms with Gasteiger partial charge >= 0.3 is 0 Å². The van der Waals surface area contributed by atoms with E-state index in [1.54, 1.807) is 0 Å². The zero-order valence-corrected chi connectivity index (χ0v) is 20.2. The van der Waals surface area contributed by atoms with Crippen LogP contribution >= 0.6 is 22.3 Å². The molecule has 168 valence electrons. The van der Waals surface area contributed by atoms with Gasteiger partial charge in [-0.05, 0) is 54.8 Å². The fourth-order valence-electron chi connectivity index (χ4n) is 2.87. The molecule has 0 amide bonds. The number of allylic oxidation sites excluding steroid dienone is 1. The van der Waals surface area contributed by atoms with E-state index in [-0.39, 0.29) is 4.90 Å². The molecule has 0 unspecified atom stereocenters. The highest BCUT2D eigenvalue weighted by molar-refractivity contribution is 8.13. The molecule has 1 aliphatic carbocycles. The van der Waals surface area contributed by atoms with Crippen molar-refractivity contribution < 1.29 is 13.2 Å². The first kappa shape index (κ1) is 26.0. The first-order valence-electron chi connectivity index (χ1n) is 9.75. The van der Waals surface area contributed by atoms with E-state index in [1.807, 2.05) is 48.5 Å². The van der Waals surface area contributed by atoms with Gasteiger partial charge in [-0.15, -0.1) is 18.0 Å². The average molecular weight is 498 g/mol. The van der Waals surface area contributed by atoms with Gasteiger partial charge in [0.15, 0.2) is 0 Å². The Labute approximate surface area is 204 Å². The van der Waals surface area contributed by atoms with Crippen molar-refractivity contribution >= 4 is 37.0 Å². The lowest BCUT2D eigenvalue weighted by atomic mass is 9.95. The Morgan fingerprint density at radius 2 is 1.58 bits per heavy atom. The molecule has 4 nitrogen and oxygen atoms in total. The molecule has 0 spiro atoms. The van der Waals surface area contributed by atoms with Crippen LogP contribution in [0.2, 0.25) is 0 Å². The highest BCUT2D eigenvalue weighted by Crippen LogP contribution is 2.33. The van der Waals surface area contributed by atoms with Gasteiger partial charge in [0.25, 0.3) is 9.05 Å². The van der Waals surface area contributed by atoms with E-state index >= 15 is 0 Å². The first-order chi connectivity index (χ1) is 15.8. The van der Waals surface area contributed by atoms with E-state index in [9.17, 15) is 8.42 Å². The van der Waals surface area contributed by atoms with E-state index < -0.39 is 9.05 Å². The Kier molecular flexibility index (Phi) is 10.0. The summed E-state index contributed by atoms with van der Waals surface area (Å²) in [6, 6.07) is 23.4. The number of halogens is 2. The van der Waals surface area contributed by atoms with Crippen LogP contribution in [-0.2, 0) is 15.5 Å². The molecule has 3 aromatic carbocycles. The molecule has 0 N–H and O–H groups in total. The second kappa shape index (κ2) is 12.7. The summed E-state index contributed by atoms with van der Waals surface area (Å²) in [4.78, 5) is 3.54. The number of methoxy groups -OCH3 is 1. The highest BCUT2D eigenvalue weighted by atomic mass is 35.7.